The van der Waals surface area contributed by atoms with Crippen molar-refractivity contribution in [1.82, 2.24) is 0 Å². The van der Waals surface area contributed by atoms with Crippen molar-refractivity contribution < 1.29 is 4.39 Å². The average Bonchev–Trinajstić information content (AvgIpc) is 2.25. The number of hydrogen-bond acceptors (Lipinski definition) is 2. The summed E-state index contributed by atoms with van der Waals surface area (Å²) in [6, 6.07) is 5.04. The van der Waals surface area contributed by atoms with Crippen LogP contribution >= 0.6 is 0 Å². The Morgan fingerprint density at radius 3 is 2.59 bits per heavy atom. The van der Waals surface area contributed by atoms with Crippen LogP contribution in [0.5, 0.6) is 0 Å². The number of nitrogens with two attached hydrogens (primary N) is 1. The van der Waals surface area contributed by atoms with Gasteiger partial charge in [0.25, 0.3) is 0 Å². The standard InChI is InChI=1S/C14H21FN2/c1-5-17(9-10(2)3)14-7-6-12(11(4)16)8-13(14)15/h6-8,11H,2,5,9,16H2,1,3-4H3/t11-/m0/s1. The van der Waals surface area contributed by atoms with Crippen molar-refractivity contribution in [3.8, 4) is 0 Å². The Morgan fingerprint density at radius 1 is 1.53 bits per heavy atom. The van der Waals surface area contributed by atoms with Gasteiger partial charge in [0, 0.05) is 19.1 Å². The summed E-state index contributed by atoms with van der Waals surface area (Å²) < 4.78 is 14.0. The molecule has 3 heteroatoms. The Balaban J connectivity index is 3.00. The van der Waals surface area contributed by atoms with E-state index < -0.39 is 0 Å². The quantitative estimate of drug-likeness (QED) is 0.795. The number of benzene rings is 1. The molecule has 0 unspecified atom stereocenters. The van der Waals surface area contributed by atoms with E-state index in [1.165, 1.54) is 6.07 Å². The summed E-state index contributed by atoms with van der Waals surface area (Å²) in [5, 5.41) is 0. The highest BCUT2D eigenvalue weighted by molar-refractivity contribution is 5.50. The summed E-state index contributed by atoms with van der Waals surface area (Å²) in [6.45, 7) is 11.1. The molecule has 0 fully saturated rings. The van der Waals surface area contributed by atoms with Crippen molar-refractivity contribution in [1.29, 1.82) is 0 Å². The van der Waals surface area contributed by atoms with Crippen molar-refractivity contribution in [2.45, 2.75) is 26.8 Å². The SMILES string of the molecule is C=C(C)CN(CC)c1ccc([C@H](C)N)cc1F. The molecule has 0 aliphatic rings. The van der Waals surface area contributed by atoms with Crippen LogP contribution in [0.4, 0.5) is 10.1 Å². The third-order valence-electron chi connectivity index (χ3n) is 2.68. The normalized spacial score (nSPS) is 12.3. The summed E-state index contributed by atoms with van der Waals surface area (Å²) >= 11 is 0. The van der Waals surface area contributed by atoms with Gasteiger partial charge in [-0.25, -0.2) is 4.39 Å². The van der Waals surface area contributed by atoms with Crippen molar-refractivity contribution in [3.63, 3.8) is 0 Å². The van der Waals surface area contributed by atoms with E-state index in [0.29, 0.717) is 12.2 Å². The molecule has 1 aromatic carbocycles. The van der Waals surface area contributed by atoms with Gasteiger partial charge in [0.1, 0.15) is 5.82 Å². The molecule has 1 atom stereocenters. The monoisotopic (exact) mass is 236 g/mol. The highest BCUT2D eigenvalue weighted by Gasteiger charge is 2.11. The number of anilines is 1. The number of halogens is 1. The Bertz CT molecular complexity index is 399. The molecule has 2 nitrogen and oxygen atoms in total. The van der Waals surface area contributed by atoms with Gasteiger partial charge in [0.2, 0.25) is 0 Å². The van der Waals surface area contributed by atoms with Crippen molar-refractivity contribution in [2.75, 3.05) is 18.0 Å². The number of nitrogens with zero attached hydrogens (tertiary/aromatic N) is 1. The van der Waals surface area contributed by atoms with Gasteiger partial charge in [0.15, 0.2) is 0 Å². The van der Waals surface area contributed by atoms with Gasteiger partial charge in [-0.05, 0) is 38.5 Å². The lowest BCUT2D eigenvalue weighted by Gasteiger charge is -2.24. The van der Waals surface area contributed by atoms with Crippen LogP contribution < -0.4 is 10.6 Å². The van der Waals surface area contributed by atoms with E-state index in [-0.39, 0.29) is 11.9 Å². The molecular weight excluding hydrogens is 215 g/mol. The maximum absolute atomic E-state index is 14.0. The lowest BCUT2D eigenvalue weighted by molar-refractivity contribution is 0.615. The molecule has 0 saturated heterocycles. The molecule has 1 aromatic rings. The fraction of sp³-hybridized carbons (Fsp3) is 0.429. The molecule has 0 aliphatic heterocycles. The lowest BCUT2D eigenvalue weighted by Crippen LogP contribution is -2.25. The van der Waals surface area contributed by atoms with E-state index >= 15 is 0 Å². The first-order chi connectivity index (χ1) is 7.95. The zero-order valence-electron chi connectivity index (χ0n) is 10.8. The molecule has 0 radical (unpaired) electrons. The molecule has 0 bridgehead atoms. The zero-order chi connectivity index (χ0) is 13.0. The van der Waals surface area contributed by atoms with Gasteiger partial charge in [-0.15, -0.1) is 0 Å². The molecule has 17 heavy (non-hydrogen) atoms. The van der Waals surface area contributed by atoms with Gasteiger partial charge in [-0.1, -0.05) is 18.2 Å². The molecular formula is C14H21FN2. The molecule has 94 valence electrons. The second-order valence-corrected chi connectivity index (χ2v) is 4.47. The minimum Gasteiger partial charge on any atom is -0.365 e. The van der Waals surface area contributed by atoms with Crippen LogP contribution in [0.2, 0.25) is 0 Å². The van der Waals surface area contributed by atoms with Crippen molar-refractivity contribution in [3.05, 3.63) is 41.7 Å². The van der Waals surface area contributed by atoms with Gasteiger partial charge >= 0.3 is 0 Å². The Labute approximate surface area is 103 Å². The second kappa shape index (κ2) is 5.82. The predicted octanol–water partition coefficient (Wildman–Crippen LogP) is 3.25. The van der Waals surface area contributed by atoms with E-state index in [1.807, 2.05) is 31.7 Å². The molecule has 1 rings (SSSR count). The van der Waals surface area contributed by atoms with Crippen molar-refractivity contribution >= 4 is 5.69 Å². The predicted molar refractivity (Wildman–Crippen MR) is 71.7 cm³/mol. The molecule has 0 aliphatic carbocycles. The summed E-state index contributed by atoms with van der Waals surface area (Å²) in [4.78, 5) is 1.96. The van der Waals surface area contributed by atoms with Crippen LogP contribution in [-0.4, -0.2) is 13.1 Å². The van der Waals surface area contributed by atoms with Crippen LogP contribution in [0.25, 0.3) is 0 Å². The van der Waals surface area contributed by atoms with E-state index in [1.54, 1.807) is 6.07 Å². The van der Waals surface area contributed by atoms with Gasteiger partial charge in [-0.3, -0.25) is 0 Å². The fourth-order valence-electron chi connectivity index (χ4n) is 1.76. The minimum absolute atomic E-state index is 0.144. The number of hydrogen-bond donors (Lipinski definition) is 1. The van der Waals surface area contributed by atoms with Crippen LogP contribution in [0.15, 0.2) is 30.4 Å². The molecule has 2 N–H and O–H groups in total. The fourth-order valence-corrected chi connectivity index (χ4v) is 1.76. The van der Waals surface area contributed by atoms with Crippen LogP contribution in [0.3, 0.4) is 0 Å². The molecule has 0 heterocycles. The van der Waals surface area contributed by atoms with Gasteiger partial charge in [-0.2, -0.15) is 0 Å². The largest absolute Gasteiger partial charge is 0.365 e. The first-order valence-corrected chi connectivity index (χ1v) is 5.90. The third-order valence-corrected chi connectivity index (χ3v) is 2.68. The van der Waals surface area contributed by atoms with Crippen LogP contribution in [-0.2, 0) is 0 Å². The Hall–Kier alpha value is -1.35. The topological polar surface area (TPSA) is 29.3 Å². The number of likely N-dealkylation sites (N-methyl/N-ethyl adjacent to an activating group) is 1. The molecule has 0 spiro atoms. The summed E-state index contributed by atoms with van der Waals surface area (Å²) in [6.07, 6.45) is 0. The van der Waals surface area contributed by atoms with Crippen LogP contribution in [0.1, 0.15) is 32.4 Å². The third kappa shape index (κ3) is 3.56. The van der Waals surface area contributed by atoms with E-state index in [9.17, 15) is 4.39 Å². The average molecular weight is 236 g/mol. The molecule has 0 aromatic heterocycles. The van der Waals surface area contributed by atoms with E-state index in [0.717, 1.165) is 17.7 Å². The summed E-state index contributed by atoms with van der Waals surface area (Å²) in [5.41, 5.74) is 8.17. The van der Waals surface area contributed by atoms with Crippen molar-refractivity contribution in [2.24, 2.45) is 5.73 Å². The first kappa shape index (κ1) is 13.7. The van der Waals surface area contributed by atoms with E-state index in [2.05, 4.69) is 6.58 Å². The molecule has 0 saturated carbocycles. The second-order valence-electron chi connectivity index (χ2n) is 4.47. The van der Waals surface area contributed by atoms with Crippen LogP contribution in [0, 0.1) is 5.82 Å². The highest BCUT2D eigenvalue weighted by Crippen LogP contribution is 2.23. The van der Waals surface area contributed by atoms with E-state index in [4.69, 9.17) is 5.73 Å². The first-order valence-electron chi connectivity index (χ1n) is 5.90. The maximum atomic E-state index is 14.0. The maximum Gasteiger partial charge on any atom is 0.146 e. The lowest BCUT2D eigenvalue weighted by atomic mass is 10.1. The molecule has 0 amide bonds. The zero-order valence-corrected chi connectivity index (χ0v) is 10.8. The highest BCUT2D eigenvalue weighted by atomic mass is 19.1. The smallest absolute Gasteiger partial charge is 0.146 e. The Morgan fingerprint density at radius 2 is 2.18 bits per heavy atom. The van der Waals surface area contributed by atoms with Gasteiger partial charge in [0.05, 0.1) is 5.69 Å². The Kier molecular flexibility index (Phi) is 4.70. The number of rotatable bonds is 5. The minimum atomic E-state index is -0.220. The summed E-state index contributed by atoms with van der Waals surface area (Å²) in [5.74, 6) is -0.220. The van der Waals surface area contributed by atoms with Gasteiger partial charge < -0.3 is 10.6 Å². The summed E-state index contributed by atoms with van der Waals surface area (Å²) in [7, 11) is 0.